The lowest BCUT2D eigenvalue weighted by Gasteiger charge is -2.57. The fraction of sp³-hybridized carbons (Fsp3) is 0.652. The maximum absolute atomic E-state index is 13.1. The van der Waals surface area contributed by atoms with Crippen molar-refractivity contribution in [3.63, 3.8) is 0 Å². The number of aliphatic hydroxyl groups is 3. The molecular weight excluding hydrogens is 435 g/mol. The number of hydrogen-bond acceptors (Lipinski definition) is 9. The van der Waals surface area contributed by atoms with Crippen molar-refractivity contribution in [3.8, 4) is 11.5 Å². The molecule has 1 aromatic rings. The maximum atomic E-state index is 13.1. The van der Waals surface area contributed by atoms with Crippen molar-refractivity contribution in [1.82, 2.24) is 4.90 Å². The van der Waals surface area contributed by atoms with Gasteiger partial charge in [0, 0.05) is 27.6 Å². The molecule has 10 nitrogen and oxygen atoms in total. The van der Waals surface area contributed by atoms with Crippen molar-refractivity contribution >= 4 is 11.8 Å². The van der Waals surface area contributed by atoms with E-state index in [1.165, 1.54) is 0 Å². The van der Waals surface area contributed by atoms with Crippen LogP contribution < -0.4 is 9.47 Å². The van der Waals surface area contributed by atoms with E-state index in [1.54, 1.807) is 17.0 Å². The van der Waals surface area contributed by atoms with Gasteiger partial charge in [0.25, 0.3) is 0 Å². The van der Waals surface area contributed by atoms with Gasteiger partial charge in [-0.25, -0.2) is 4.79 Å². The highest BCUT2D eigenvalue weighted by atomic mass is 16.7. The molecule has 178 valence electrons. The Morgan fingerprint density at radius 1 is 1.27 bits per heavy atom. The Labute approximate surface area is 193 Å². The van der Waals surface area contributed by atoms with Crippen LogP contribution in [0, 0.1) is 5.92 Å². The quantitative estimate of drug-likeness (QED) is 0.418. The van der Waals surface area contributed by atoms with Crippen LogP contribution in [-0.4, -0.2) is 93.5 Å². The first kappa shape index (κ1) is 18.1. The number of ether oxygens (including phenoxy) is 3. The van der Waals surface area contributed by atoms with Crippen LogP contribution in [0.15, 0.2) is 12.1 Å². The topological polar surface area (TPSA) is 146 Å². The summed E-state index contributed by atoms with van der Waals surface area (Å²) in [5.74, 6) is -1.30. The summed E-state index contributed by atoms with van der Waals surface area (Å²) >= 11 is 0. The van der Waals surface area contributed by atoms with E-state index >= 15 is 0 Å². The monoisotopic (exact) mass is 465 g/mol. The number of carbonyl (C=O) groups is 2. The highest BCUT2D eigenvalue weighted by Crippen LogP contribution is 2.63. The number of likely N-dealkylation sites (N-methyl/N-ethyl adjacent to an activating group) is 1. The van der Waals surface area contributed by atoms with Crippen LogP contribution in [0.3, 0.4) is 0 Å². The van der Waals surface area contributed by atoms with Crippen LogP contribution in [0.5, 0.6) is 11.5 Å². The van der Waals surface area contributed by atoms with E-state index < -0.39 is 55.2 Å². The third-order valence-corrected chi connectivity index (χ3v) is 8.15. The van der Waals surface area contributed by atoms with Crippen molar-refractivity contribution in [3.05, 3.63) is 23.3 Å². The predicted octanol–water partition coefficient (Wildman–Crippen LogP) is -0.804. The summed E-state index contributed by atoms with van der Waals surface area (Å²) in [5.41, 5.74) is 0.953. The van der Waals surface area contributed by atoms with Crippen molar-refractivity contribution in [1.29, 1.82) is 0 Å². The summed E-state index contributed by atoms with van der Waals surface area (Å²) in [5, 5.41) is 39.9. The van der Waals surface area contributed by atoms with Crippen LogP contribution >= 0.6 is 0 Å². The molecule has 1 saturated carbocycles. The number of aliphatic hydroxyl groups excluding tert-OH is 3. The molecule has 1 aromatic carbocycles. The molecule has 6 rings (SSSR count). The number of carboxylic acid groups (broad SMARTS) is 1. The molecule has 33 heavy (non-hydrogen) atoms. The van der Waals surface area contributed by atoms with Gasteiger partial charge in [-0.15, -0.1) is 0 Å². The highest BCUT2D eigenvalue weighted by molar-refractivity contribution is 5.89. The molecule has 2 aliphatic carbocycles. The normalized spacial score (nSPS) is 45.3. The minimum Gasteiger partial charge on any atom is -0.479 e. The molecule has 2 bridgehead atoms. The zero-order valence-electron chi connectivity index (χ0n) is 20.6. The molecule has 0 unspecified atom stereocenters. The number of likely N-dealkylation sites (tertiary alicyclic amines) is 1. The lowest BCUT2D eigenvalue weighted by molar-refractivity contribution is -0.271. The van der Waals surface area contributed by atoms with E-state index in [-0.39, 0.29) is 36.5 Å². The second kappa shape index (κ2) is 7.13. The second-order valence-electron chi connectivity index (χ2n) is 9.64. The first-order valence-electron chi connectivity index (χ1n) is 12.7. The summed E-state index contributed by atoms with van der Waals surface area (Å²) in [6.45, 7) is -1.98. The van der Waals surface area contributed by atoms with E-state index in [0.29, 0.717) is 25.0 Å². The fourth-order valence-electron chi connectivity index (χ4n) is 6.69. The average Bonchev–Trinajstić information content (AvgIpc) is 3.15. The number of rotatable bonds is 3. The Balaban J connectivity index is 1.41. The highest BCUT2D eigenvalue weighted by Gasteiger charge is 2.65. The largest absolute Gasteiger partial charge is 0.479 e. The van der Waals surface area contributed by atoms with E-state index in [0.717, 1.165) is 11.1 Å². The fourth-order valence-corrected chi connectivity index (χ4v) is 6.69. The molecule has 4 N–H and O–H groups in total. The third-order valence-electron chi connectivity index (χ3n) is 8.15. The van der Waals surface area contributed by atoms with Gasteiger partial charge in [-0.05, 0) is 50.3 Å². The molecule has 0 radical (unpaired) electrons. The Morgan fingerprint density at radius 3 is 2.85 bits per heavy atom. The van der Waals surface area contributed by atoms with Crippen molar-refractivity contribution in [2.45, 2.75) is 73.9 Å². The number of carbonyl (C=O) groups excluding carboxylic acids is 1. The molecule has 10 heteroatoms. The smallest absolute Gasteiger partial charge is 0.335 e. The van der Waals surface area contributed by atoms with E-state index in [2.05, 4.69) is 0 Å². The number of piperidine rings is 1. The van der Waals surface area contributed by atoms with Gasteiger partial charge < -0.3 is 39.5 Å². The van der Waals surface area contributed by atoms with Crippen molar-refractivity contribution in [2.24, 2.45) is 5.92 Å². The number of Topliss-reactive ketones (excluding diaryl/α,β-unsaturated/α-hetero) is 1. The minimum absolute atomic E-state index is 0.0687. The molecular formula is C23H27NO9. The molecule has 3 fully saturated rings. The number of hydrogen-bond donors (Lipinski definition) is 4. The zero-order valence-corrected chi connectivity index (χ0v) is 17.6. The van der Waals surface area contributed by atoms with Gasteiger partial charge in [0.2, 0.25) is 6.29 Å². The van der Waals surface area contributed by atoms with Gasteiger partial charge in [0.15, 0.2) is 29.5 Å². The molecule has 0 aromatic heterocycles. The van der Waals surface area contributed by atoms with Crippen LogP contribution in [0.1, 0.15) is 34.5 Å². The van der Waals surface area contributed by atoms with Gasteiger partial charge in [-0.2, -0.15) is 0 Å². The summed E-state index contributed by atoms with van der Waals surface area (Å²) in [6, 6.07) is 3.04. The van der Waals surface area contributed by atoms with E-state index in [9.17, 15) is 30.0 Å². The summed E-state index contributed by atoms with van der Waals surface area (Å²) in [4.78, 5) is 26.1. The van der Waals surface area contributed by atoms with Crippen molar-refractivity contribution < 1.29 is 48.3 Å². The molecule has 1 spiro atoms. The number of benzene rings is 1. The SMILES string of the molecule is [2H][13C]([2H])([2H])N1CC[C@]23c4c5ccc(O[C@@H]6O[C@H](C(=O)O)[C@@H](O)[C@H](O)[C@H]6O)c4O[C@H]2C(=O)CC[C@H]3[C@H]1C5. The molecule has 5 aliphatic rings. The van der Waals surface area contributed by atoms with Crippen LogP contribution in [0.2, 0.25) is 0 Å². The molecule has 2 saturated heterocycles. The standard InChI is InChI=1S/C23H27NO9/c1-24-7-6-23-10-3-4-12(25)20(23)32-18-13(5-2-9(14(18)23)8-11(10)24)31-22-17(28)15(26)16(27)19(33-22)21(29)30/h2,5,10-11,15-17,19-20,22,26-28H,3-4,6-8H2,1H3,(H,29,30)/t10-,11+,15-,16-,17+,19-,20-,22+,23-/m0/s1/i1+1D3. The maximum Gasteiger partial charge on any atom is 0.335 e. The number of carboxylic acids is 1. The second-order valence-corrected chi connectivity index (χ2v) is 9.64. The molecule has 9 atom stereocenters. The van der Waals surface area contributed by atoms with E-state index in [4.69, 9.17) is 18.3 Å². The molecule has 0 amide bonds. The van der Waals surface area contributed by atoms with Gasteiger partial charge in [-0.1, -0.05) is 6.07 Å². The lowest BCUT2D eigenvalue weighted by Crippen LogP contribution is -2.65. The van der Waals surface area contributed by atoms with Crippen LogP contribution in [0.25, 0.3) is 0 Å². The van der Waals surface area contributed by atoms with Crippen LogP contribution in [0.4, 0.5) is 0 Å². The van der Waals surface area contributed by atoms with Crippen LogP contribution in [-0.2, 0) is 26.2 Å². The number of nitrogens with zero attached hydrogens (tertiary/aromatic N) is 1. The Kier molecular flexibility index (Phi) is 3.92. The predicted molar refractivity (Wildman–Crippen MR) is 110 cm³/mol. The Hall–Kier alpha value is -2.24. The Bertz CT molecular complexity index is 1130. The number of ketones is 1. The average molecular weight is 465 g/mol. The molecule has 3 aliphatic heterocycles. The van der Waals surface area contributed by atoms with E-state index in [1.807, 2.05) is 0 Å². The van der Waals surface area contributed by atoms with Gasteiger partial charge in [0.1, 0.15) is 18.3 Å². The first-order chi connectivity index (χ1) is 16.9. The molecule has 3 heterocycles. The summed E-state index contributed by atoms with van der Waals surface area (Å²) in [6.07, 6.45) is -7.96. The van der Waals surface area contributed by atoms with Gasteiger partial charge >= 0.3 is 5.97 Å². The number of aliphatic carboxylic acids is 1. The Morgan fingerprint density at radius 2 is 2.09 bits per heavy atom. The first-order valence-corrected chi connectivity index (χ1v) is 11.2. The summed E-state index contributed by atoms with van der Waals surface area (Å²) in [7, 11) is 0. The zero-order chi connectivity index (χ0) is 25.7. The lowest BCUT2D eigenvalue weighted by atomic mass is 9.52. The van der Waals surface area contributed by atoms with Gasteiger partial charge in [0.05, 0.1) is 0 Å². The third kappa shape index (κ3) is 2.72. The summed E-state index contributed by atoms with van der Waals surface area (Å²) < 4.78 is 41.5. The minimum atomic E-state index is -2.26. The van der Waals surface area contributed by atoms with Gasteiger partial charge in [-0.3, -0.25) is 4.79 Å². The van der Waals surface area contributed by atoms with Crippen molar-refractivity contribution in [2.75, 3.05) is 13.5 Å².